The standard InChI is InChI=1S/C13H15F3N6/c14-13(15,16)10-6-11(22-12(19-10)17-8-18-22)21-5-4-20-3-1-2-9(20)7-21/h6,8-9H,1-5,7H2. The second-order valence-electron chi connectivity index (χ2n) is 5.75. The second-order valence-corrected chi connectivity index (χ2v) is 5.75. The maximum Gasteiger partial charge on any atom is 0.433 e. The van der Waals surface area contributed by atoms with Gasteiger partial charge in [-0.2, -0.15) is 27.8 Å². The molecule has 6 nitrogen and oxygen atoms in total. The van der Waals surface area contributed by atoms with E-state index in [4.69, 9.17) is 0 Å². The number of anilines is 1. The summed E-state index contributed by atoms with van der Waals surface area (Å²) in [5.74, 6) is 0.403. The first-order valence-corrected chi connectivity index (χ1v) is 7.29. The Morgan fingerprint density at radius 1 is 1.18 bits per heavy atom. The number of hydrogen-bond acceptors (Lipinski definition) is 5. The van der Waals surface area contributed by atoms with Crippen molar-refractivity contribution in [3.63, 3.8) is 0 Å². The molecule has 2 aliphatic heterocycles. The zero-order chi connectivity index (χ0) is 15.3. The maximum atomic E-state index is 13.0. The van der Waals surface area contributed by atoms with E-state index in [2.05, 4.69) is 20.0 Å². The minimum atomic E-state index is -4.49. The molecule has 4 rings (SSSR count). The molecule has 0 saturated carbocycles. The van der Waals surface area contributed by atoms with Gasteiger partial charge in [0.1, 0.15) is 12.1 Å². The highest BCUT2D eigenvalue weighted by atomic mass is 19.4. The number of hydrogen-bond donors (Lipinski definition) is 0. The summed E-state index contributed by atoms with van der Waals surface area (Å²) in [6, 6.07) is 1.49. The van der Waals surface area contributed by atoms with Crippen LogP contribution in [0.1, 0.15) is 18.5 Å². The van der Waals surface area contributed by atoms with Crippen LogP contribution in [0.25, 0.3) is 5.78 Å². The molecule has 1 unspecified atom stereocenters. The molecule has 0 aromatic carbocycles. The van der Waals surface area contributed by atoms with Gasteiger partial charge in [-0.25, -0.2) is 4.98 Å². The van der Waals surface area contributed by atoms with E-state index in [9.17, 15) is 13.2 Å². The molecule has 0 aliphatic carbocycles. The van der Waals surface area contributed by atoms with Gasteiger partial charge in [0.15, 0.2) is 5.69 Å². The van der Waals surface area contributed by atoms with Crippen LogP contribution in [0.4, 0.5) is 19.0 Å². The highest BCUT2D eigenvalue weighted by Gasteiger charge is 2.36. The predicted octanol–water partition coefficient (Wildman–Crippen LogP) is 1.43. The molecular formula is C13H15F3N6. The van der Waals surface area contributed by atoms with Crippen molar-refractivity contribution in [2.45, 2.75) is 25.1 Å². The minimum absolute atomic E-state index is 0.0151. The first-order chi connectivity index (χ1) is 10.5. The summed E-state index contributed by atoms with van der Waals surface area (Å²) in [4.78, 5) is 11.7. The molecule has 2 saturated heterocycles. The summed E-state index contributed by atoms with van der Waals surface area (Å²) in [6.07, 6.45) is -1.01. The van der Waals surface area contributed by atoms with E-state index in [-0.39, 0.29) is 5.78 Å². The van der Waals surface area contributed by atoms with E-state index < -0.39 is 11.9 Å². The van der Waals surface area contributed by atoms with Crippen molar-refractivity contribution in [1.29, 1.82) is 0 Å². The van der Waals surface area contributed by atoms with E-state index in [0.29, 0.717) is 18.4 Å². The molecule has 118 valence electrons. The lowest BCUT2D eigenvalue weighted by atomic mass is 10.1. The van der Waals surface area contributed by atoms with Crippen LogP contribution in [0, 0.1) is 0 Å². The predicted molar refractivity (Wildman–Crippen MR) is 72.6 cm³/mol. The Bertz CT molecular complexity index is 697. The van der Waals surface area contributed by atoms with Crippen LogP contribution in [0.2, 0.25) is 0 Å². The Hall–Kier alpha value is -1.90. The number of nitrogens with zero attached hydrogens (tertiary/aromatic N) is 6. The van der Waals surface area contributed by atoms with Crippen molar-refractivity contribution in [2.24, 2.45) is 0 Å². The Kier molecular flexibility index (Phi) is 3.00. The van der Waals surface area contributed by atoms with Crippen LogP contribution in [0.15, 0.2) is 12.4 Å². The fourth-order valence-corrected chi connectivity index (χ4v) is 3.37. The summed E-state index contributed by atoms with van der Waals surface area (Å²) in [7, 11) is 0. The van der Waals surface area contributed by atoms with Gasteiger partial charge in [-0.05, 0) is 19.4 Å². The van der Waals surface area contributed by atoms with Crippen LogP contribution >= 0.6 is 0 Å². The Labute approximate surface area is 124 Å². The first kappa shape index (κ1) is 13.7. The van der Waals surface area contributed by atoms with E-state index >= 15 is 0 Å². The van der Waals surface area contributed by atoms with E-state index in [1.807, 2.05) is 4.90 Å². The first-order valence-electron chi connectivity index (χ1n) is 7.29. The van der Waals surface area contributed by atoms with Gasteiger partial charge in [0.25, 0.3) is 5.78 Å². The molecular weight excluding hydrogens is 297 g/mol. The quantitative estimate of drug-likeness (QED) is 0.797. The lowest BCUT2D eigenvalue weighted by molar-refractivity contribution is -0.141. The van der Waals surface area contributed by atoms with Gasteiger partial charge in [-0.1, -0.05) is 0 Å². The van der Waals surface area contributed by atoms with Crippen molar-refractivity contribution in [3.05, 3.63) is 18.1 Å². The number of rotatable bonds is 1. The van der Waals surface area contributed by atoms with Crippen molar-refractivity contribution in [2.75, 3.05) is 31.1 Å². The average Bonchev–Trinajstić information content (AvgIpc) is 3.13. The van der Waals surface area contributed by atoms with Gasteiger partial charge in [-0.3, -0.25) is 4.90 Å². The molecule has 4 heterocycles. The molecule has 2 fully saturated rings. The summed E-state index contributed by atoms with van der Waals surface area (Å²) >= 11 is 0. The topological polar surface area (TPSA) is 49.6 Å². The lowest BCUT2D eigenvalue weighted by Gasteiger charge is -2.38. The van der Waals surface area contributed by atoms with Crippen LogP contribution in [0.5, 0.6) is 0 Å². The SMILES string of the molecule is FC(F)(F)c1cc(N2CCN3CCCC3C2)n2ncnc2n1. The summed E-state index contributed by atoms with van der Waals surface area (Å²) in [6.45, 7) is 3.36. The normalized spacial score (nSPS) is 23.2. The van der Waals surface area contributed by atoms with Crippen molar-refractivity contribution in [1.82, 2.24) is 24.5 Å². The fourth-order valence-electron chi connectivity index (χ4n) is 3.37. The monoisotopic (exact) mass is 312 g/mol. The number of piperazine rings is 1. The van der Waals surface area contributed by atoms with Crippen LogP contribution in [-0.2, 0) is 6.18 Å². The largest absolute Gasteiger partial charge is 0.433 e. The van der Waals surface area contributed by atoms with Crippen molar-refractivity contribution in [3.8, 4) is 0 Å². The molecule has 2 aromatic heterocycles. The highest BCUT2D eigenvalue weighted by molar-refractivity contribution is 5.48. The van der Waals surface area contributed by atoms with Crippen molar-refractivity contribution >= 4 is 11.6 Å². The van der Waals surface area contributed by atoms with Gasteiger partial charge in [0.2, 0.25) is 0 Å². The van der Waals surface area contributed by atoms with Gasteiger partial charge in [0, 0.05) is 31.7 Å². The third-order valence-corrected chi connectivity index (χ3v) is 4.43. The second kappa shape index (κ2) is 4.80. The Balaban J connectivity index is 1.75. The number of aromatic nitrogens is 4. The van der Waals surface area contributed by atoms with Crippen molar-refractivity contribution < 1.29 is 13.2 Å². The third-order valence-electron chi connectivity index (χ3n) is 4.43. The molecule has 0 amide bonds. The molecule has 0 bridgehead atoms. The van der Waals surface area contributed by atoms with E-state index in [1.165, 1.54) is 10.8 Å². The molecule has 1 atom stereocenters. The molecule has 2 aromatic rings. The lowest BCUT2D eigenvalue weighted by Crippen LogP contribution is -2.50. The third kappa shape index (κ3) is 2.20. The molecule has 0 radical (unpaired) electrons. The summed E-state index contributed by atoms with van der Waals surface area (Å²) < 4.78 is 40.5. The van der Waals surface area contributed by atoms with E-state index in [1.54, 1.807) is 0 Å². The fraction of sp³-hybridized carbons (Fsp3) is 0.615. The zero-order valence-corrected chi connectivity index (χ0v) is 11.8. The molecule has 0 spiro atoms. The molecule has 2 aliphatic rings. The number of alkyl halides is 3. The van der Waals surface area contributed by atoms with E-state index in [0.717, 1.165) is 38.5 Å². The van der Waals surface area contributed by atoms with Gasteiger partial charge < -0.3 is 4.90 Å². The maximum absolute atomic E-state index is 13.0. The smallest absolute Gasteiger partial charge is 0.354 e. The molecule has 0 N–H and O–H groups in total. The number of fused-ring (bicyclic) bond motifs is 2. The molecule has 9 heteroatoms. The van der Waals surface area contributed by atoms with Crippen LogP contribution in [-0.4, -0.2) is 56.7 Å². The number of halogens is 3. The molecule has 22 heavy (non-hydrogen) atoms. The minimum Gasteiger partial charge on any atom is -0.354 e. The highest BCUT2D eigenvalue weighted by Crippen LogP contribution is 2.32. The summed E-state index contributed by atoms with van der Waals surface area (Å²) in [5.41, 5.74) is -0.920. The van der Waals surface area contributed by atoms with Gasteiger partial charge in [0.05, 0.1) is 0 Å². The Morgan fingerprint density at radius 3 is 2.86 bits per heavy atom. The van der Waals surface area contributed by atoms with Crippen LogP contribution in [0.3, 0.4) is 0 Å². The van der Waals surface area contributed by atoms with Gasteiger partial charge >= 0.3 is 6.18 Å². The van der Waals surface area contributed by atoms with Crippen LogP contribution < -0.4 is 4.90 Å². The zero-order valence-electron chi connectivity index (χ0n) is 11.8. The summed E-state index contributed by atoms with van der Waals surface area (Å²) in [5, 5.41) is 4.02. The average molecular weight is 312 g/mol. The van der Waals surface area contributed by atoms with Gasteiger partial charge in [-0.15, -0.1) is 0 Å². The Morgan fingerprint density at radius 2 is 2.05 bits per heavy atom.